The minimum absolute atomic E-state index is 0.0423. The summed E-state index contributed by atoms with van der Waals surface area (Å²) in [4.78, 5) is 66.2. The molecule has 0 aromatic carbocycles. The van der Waals surface area contributed by atoms with Gasteiger partial charge in [0.2, 0.25) is 16.4 Å². The minimum Gasteiger partial charge on any atom is -0.478 e. The van der Waals surface area contributed by atoms with Gasteiger partial charge < -0.3 is 37.6 Å². The number of aromatic nitrogens is 5. The molecular weight excluding hydrogens is 663 g/mol. The number of oxime groups is 1. The first kappa shape index (κ1) is 31.4. The zero-order chi connectivity index (χ0) is 32.9. The number of hydrogen-bond donors (Lipinski definition) is 6. The number of carboxylic acids is 2. The molecule has 18 nitrogen and oxygen atoms in total. The summed E-state index contributed by atoms with van der Waals surface area (Å²) in [6.45, 7) is 0. The van der Waals surface area contributed by atoms with E-state index in [1.165, 1.54) is 33.4 Å². The van der Waals surface area contributed by atoms with E-state index in [0.717, 1.165) is 16.2 Å². The molecule has 9 N–H and O–H groups in total. The van der Waals surface area contributed by atoms with Crippen LogP contribution in [0.1, 0.15) is 31.4 Å². The number of nitrogens with one attached hydrogen (secondary N) is 1. The quantitative estimate of drug-likeness (QED) is 0.0387. The highest BCUT2D eigenvalue weighted by atomic mass is 32.2. The van der Waals surface area contributed by atoms with Gasteiger partial charge in [0.15, 0.2) is 10.8 Å². The van der Waals surface area contributed by atoms with Crippen LogP contribution in [-0.2, 0) is 31.1 Å². The number of nitrogens with two attached hydrogens (primary N) is 3. The third-order valence-corrected chi connectivity index (χ3v) is 10.8. The van der Waals surface area contributed by atoms with Gasteiger partial charge in [-0.15, -0.1) is 23.1 Å². The molecule has 242 valence electrons. The summed E-state index contributed by atoms with van der Waals surface area (Å²) in [7, 11) is 1.72. The molecule has 0 bridgehead atoms. The Labute approximate surface area is 272 Å². The van der Waals surface area contributed by atoms with Crippen molar-refractivity contribution in [3.05, 3.63) is 28.4 Å². The van der Waals surface area contributed by atoms with Crippen LogP contribution in [0, 0.1) is 0 Å². The summed E-state index contributed by atoms with van der Waals surface area (Å²) in [5.41, 5.74) is 16.6. The largest absolute Gasteiger partial charge is 0.478 e. The first-order valence-electron chi connectivity index (χ1n) is 13.8. The first-order chi connectivity index (χ1) is 21.9. The van der Waals surface area contributed by atoms with Gasteiger partial charge >= 0.3 is 17.9 Å². The van der Waals surface area contributed by atoms with E-state index in [9.17, 15) is 29.4 Å². The predicted molar refractivity (Wildman–Crippen MR) is 166 cm³/mol. The Morgan fingerprint density at radius 1 is 1.24 bits per heavy atom. The lowest BCUT2D eigenvalue weighted by Gasteiger charge is -2.49. The molecule has 2 atom stereocenters. The molecule has 5 heterocycles. The minimum atomic E-state index is -1.58. The molecule has 2 fully saturated rings. The molecular formula is C25H28N11O7S3+. The second-order valence-electron chi connectivity index (χ2n) is 10.7. The Morgan fingerprint density at radius 3 is 2.63 bits per heavy atom. The molecule has 46 heavy (non-hydrogen) atoms. The number of amides is 2. The molecule has 1 saturated heterocycles. The molecule has 0 spiro atoms. The Balaban J connectivity index is 1.21. The average molecular weight is 691 g/mol. The van der Waals surface area contributed by atoms with Crippen molar-refractivity contribution in [1.82, 2.24) is 29.8 Å². The number of anilines is 3. The van der Waals surface area contributed by atoms with E-state index < -0.39 is 40.8 Å². The number of carbonyl (C=O) groups is 4. The van der Waals surface area contributed by atoms with Crippen molar-refractivity contribution in [2.24, 2.45) is 12.2 Å². The van der Waals surface area contributed by atoms with Crippen molar-refractivity contribution in [3.63, 3.8) is 0 Å². The van der Waals surface area contributed by atoms with Crippen molar-refractivity contribution in [2.75, 3.05) is 28.7 Å². The van der Waals surface area contributed by atoms with Gasteiger partial charge in [0, 0.05) is 40.9 Å². The summed E-state index contributed by atoms with van der Waals surface area (Å²) < 4.78 is 3.13. The van der Waals surface area contributed by atoms with E-state index in [4.69, 9.17) is 22.0 Å². The Hall–Kier alpha value is -4.63. The number of aryl methyl sites for hydroxylation is 1. The van der Waals surface area contributed by atoms with Crippen molar-refractivity contribution in [3.8, 4) is 0 Å². The lowest BCUT2D eigenvalue weighted by atomic mass is 10.0. The molecule has 21 heteroatoms. The second kappa shape index (κ2) is 11.9. The molecule has 2 amide bonds. The van der Waals surface area contributed by atoms with Crippen LogP contribution in [0.15, 0.2) is 33.0 Å². The van der Waals surface area contributed by atoms with Crippen molar-refractivity contribution < 1.29 is 38.8 Å². The van der Waals surface area contributed by atoms with E-state index in [2.05, 4.69) is 25.5 Å². The predicted octanol–water partition coefficient (Wildman–Crippen LogP) is -0.594. The number of carboxylic acid groups (broad SMARTS) is 2. The van der Waals surface area contributed by atoms with Crippen molar-refractivity contribution >= 4 is 86.9 Å². The number of thiazole rings is 1. The van der Waals surface area contributed by atoms with E-state index in [1.54, 1.807) is 17.7 Å². The van der Waals surface area contributed by atoms with Crippen LogP contribution in [0.2, 0.25) is 0 Å². The van der Waals surface area contributed by atoms with Crippen LogP contribution in [0.5, 0.6) is 0 Å². The van der Waals surface area contributed by atoms with Gasteiger partial charge in [0.25, 0.3) is 11.8 Å². The Bertz CT molecular complexity index is 1850. The van der Waals surface area contributed by atoms with Crippen molar-refractivity contribution in [2.45, 2.75) is 47.9 Å². The van der Waals surface area contributed by atoms with Gasteiger partial charge in [-0.2, -0.15) is 4.98 Å². The number of rotatable bonds is 10. The number of thioether (sulfide) groups is 2. The molecule has 3 aromatic heterocycles. The van der Waals surface area contributed by atoms with E-state index in [0.29, 0.717) is 29.2 Å². The molecule has 0 radical (unpaired) electrons. The fourth-order valence-corrected chi connectivity index (χ4v) is 8.37. The highest BCUT2D eigenvalue weighted by Crippen LogP contribution is 2.42. The maximum absolute atomic E-state index is 13.5. The SMILES string of the molecule is C[n+]1c(N)nn2c(SCC3=C(C(=O)O)N4C(=O)C(NC(=O)/C(=N\OC5(C(=O)O)CCCC5)c5csc(N)n5)[C@H]4SC3)nc(N)cc21. The second-order valence-corrected chi connectivity index (χ2v) is 13.6. The van der Waals surface area contributed by atoms with E-state index >= 15 is 0 Å². The van der Waals surface area contributed by atoms with Crippen LogP contribution >= 0.6 is 34.9 Å². The first-order valence-corrected chi connectivity index (χ1v) is 16.7. The zero-order valence-corrected chi connectivity index (χ0v) is 26.5. The van der Waals surface area contributed by atoms with Gasteiger partial charge in [-0.1, -0.05) is 21.4 Å². The van der Waals surface area contributed by atoms with Crippen LogP contribution in [0.4, 0.5) is 16.9 Å². The highest BCUT2D eigenvalue weighted by Gasteiger charge is 2.54. The maximum Gasteiger partial charge on any atom is 0.376 e. The van der Waals surface area contributed by atoms with Crippen LogP contribution < -0.4 is 27.1 Å². The lowest BCUT2D eigenvalue weighted by molar-refractivity contribution is -0.631. The maximum atomic E-state index is 13.5. The Kier molecular flexibility index (Phi) is 8.14. The Morgan fingerprint density at radius 2 is 1.98 bits per heavy atom. The lowest BCUT2D eigenvalue weighted by Crippen LogP contribution is -2.71. The average Bonchev–Trinajstić information content (AvgIpc) is 3.74. The molecule has 1 saturated carbocycles. The molecule has 3 aromatic rings. The summed E-state index contributed by atoms with van der Waals surface area (Å²) in [6.07, 6.45) is 1.67. The summed E-state index contributed by atoms with van der Waals surface area (Å²) in [5.74, 6) is -3.15. The van der Waals surface area contributed by atoms with Gasteiger partial charge in [-0.3, -0.25) is 14.5 Å². The molecule has 1 unspecified atom stereocenters. The number of fused-ring (bicyclic) bond motifs is 2. The number of aliphatic carboxylic acids is 2. The third-order valence-electron chi connectivity index (χ3n) is 7.79. The van der Waals surface area contributed by atoms with Gasteiger partial charge in [0.1, 0.15) is 28.6 Å². The van der Waals surface area contributed by atoms with Crippen LogP contribution in [0.3, 0.4) is 0 Å². The zero-order valence-electron chi connectivity index (χ0n) is 24.1. The standard InChI is InChI=1S/C25H27N11O7S3/c1-34-13-6-12(26)30-24(36(13)32-22(34)27)46-8-10-7-44-19-15(18(38)35(19)16(10)20(39)40)31-17(37)14(11-9-45-23(28)29-11)33-43-25(21(41)42)4-2-3-5-25/h6,9,15,19,26H,2-5,7-8H2,1H3,(H7,27,28,29,31,32,37,39,40,41,42)/p+1/b33-14-/t15?,19-/m1/s1. The topological polar surface area (TPSA) is 271 Å². The third kappa shape index (κ3) is 5.42. The fourth-order valence-electron chi connectivity index (χ4n) is 5.37. The number of nitrogen functional groups attached to an aromatic ring is 3. The monoisotopic (exact) mass is 690 g/mol. The van der Waals surface area contributed by atoms with Gasteiger partial charge in [-0.05, 0) is 18.4 Å². The number of nitrogens with zero attached hydrogens (tertiary/aromatic N) is 7. The fraction of sp³-hybridized carbons (Fsp3) is 0.400. The van der Waals surface area contributed by atoms with Crippen LogP contribution in [0.25, 0.3) is 5.65 Å². The number of carbonyl (C=O) groups excluding carboxylic acids is 2. The molecule has 2 aliphatic heterocycles. The molecule has 3 aliphatic rings. The number of β-lactam (4-membered cyclic amide) rings is 1. The molecule has 1 aliphatic carbocycles. The highest BCUT2D eigenvalue weighted by molar-refractivity contribution is 8.01. The van der Waals surface area contributed by atoms with Gasteiger partial charge in [-0.25, -0.2) is 19.1 Å². The summed E-state index contributed by atoms with van der Waals surface area (Å²) in [6, 6.07) is 0.512. The van der Waals surface area contributed by atoms with Crippen molar-refractivity contribution in [1.29, 1.82) is 0 Å². The van der Waals surface area contributed by atoms with Gasteiger partial charge in [0.05, 0.1) is 7.05 Å². The smallest absolute Gasteiger partial charge is 0.376 e. The van der Waals surface area contributed by atoms with E-state index in [1.807, 2.05) is 0 Å². The summed E-state index contributed by atoms with van der Waals surface area (Å²) in [5, 5.41) is 31.9. The normalized spacial score (nSPS) is 20.8. The number of hydrogen-bond acceptors (Lipinski definition) is 15. The molecule has 6 rings (SSSR count). The summed E-state index contributed by atoms with van der Waals surface area (Å²) >= 11 is 3.50. The van der Waals surface area contributed by atoms with Crippen LogP contribution in [-0.4, -0.2) is 92.7 Å². The van der Waals surface area contributed by atoms with E-state index in [-0.39, 0.29) is 58.3 Å².